The Morgan fingerprint density at radius 2 is 1.65 bits per heavy atom. The molecule has 1 heterocycles. The van der Waals surface area contributed by atoms with Gasteiger partial charge >= 0.3 is 0 Å². The van der Waals surface area contributed by atoms with Gasteiger partial charge in [0.15, 0.2) is 0 Å². The SMILES string of the molecule is CCCCNC(=O)[C@@H](Cc1ccccc1)N(Cc1ccc(Cl)c(Cl)c1)C(=O)CN1C(=O)c2ccccc2S1(=O)=O. The maximum Gasteiger partial charge on any atom is 0.269 e. The van der Waals surface area contributed by atoms with Gasteiger partial charge in [0, 0.05) is 19.5 Å². The van der Waals surface area contributed by atoms with E-state index in [1.807, 2.05) is 37.3 Å². The van der Waals surface area contributed by atoms with Crippen LogP contribution in [0.15, 0.2) is 77.7 Å². The van der Waals surface area contributed by atoms with E-state index in [-0.39, 0.29) is 34.4 Å². The van der Waals surface area contributed by atoms with Gasteiger partial charge in [-0.15, -0.1) is 0 Å². The Kier molecular flexibility index (Phi) is 9.50. The van der Waals surface area contributed by atoms with Gasteiger partial charge in [-0.3, -0.25) is 14.4 Å². The molecule has 1 aliphatic heterocycles. The molecule has 4 rings (SSSR count). The molecule has 3 aromatic carbocycles. The van der Waals surface area contributed by atoms with Crippen molar-refractivity contribution in [3.8, 4) is 0 Å². The molecule has 3 aromatic rings. The molecule has 0 aliphatic carbocycles. The summed E-state index contributed by atoms with van der Waals surface area (Å²) in [4.78, 5) is 41.7. The lowest BCUT2D eigenvalue weighted by Gasteiger charge is -2.32. The smallest absolute Gasteiger partial charge is 0.269 e. The monoisotopic (exact) mass is 601 g/mol. The fourth-order valence-electron chi connectivity index (χ4n) is 4.50. The maximum atomic E-state index is 13.9. The molecule has 0 spiro atoms. The zero-order valence-electron chi connectivity index (χ0n) is 21.8. The number of hydrogen-bond acceptors (Lipinski definition) is 5. The highest BCUT2D eigenvalue weighted by Gasteiger charge is 2.43. The molecule has 40 heavy (non-hydrogen) atoms. The van der Waals surface area contributed by atoms with Gasteiger partial charge in [0.1, 0.15) is 17.5 Å². The molecule has 1 aliphatic rings. The van der Waals surface area contributed by atoms with Gasteiger partial charge in [-0.25, -0.2) is 12.7 Å². The summed E-state index contributed by atoms with van der Waals surface area (Å²) in [6.45, 7) is 1.59. The molecule has 0 saturated carbocycles. The number of carbonyl (C=O) groups excluding carboxylic acids is 3. The summed E-state index contributed by atoms with van der Waals surface area (Å²) in [6, 6.07) is 18.9. The van der Waals surface area contributed by atoms with E-state index in [1.54, 1.807) is 24.3 Å². The van der Waals surface area contributed by atoms with Crippen LogP contribution in [0.5, 0.6) is 0 Å². The van der Waals surface area contributed by atoms with Crippen molar-refractivity contribution in [1.29, 1.82) is 0 Å². The van der Waals surface area contributed by atoms with E-state index in [2.05, 4.69) is 5.32 Å². The van der Waals surface area contributed by atoms with Gasteiger partial charge in [0.05, 0.1) is 15.6 Å². The molecule has 0 saturated heterocycles. The molecule has 0 radical (unpaired) electrons. The summed E-state index contributed by atoms with van der Waals surface area (Å²) < 4.78 is 26.9. The second-order valence-corrected chi connectivity index (χ2v) is 12.1. The molecule has 11 heteroatoms. The van der Waals surface area contributed by atoms with Crippen LogP contribution in [-0.2, 0) is 32.6 Å². The van der Waals surface area contributed by atoms with Crippen LogP contribution in [0.4, 0.5) is 0 Å². The van der Waals surface area contributed by atoms with Crippen molar-refractivity contribution in [2.24, 2.45) is 0 Å². The second kappa shape index (κ2) is 12.8. The Morgan fingerprint density at radius 3 is 2.33 bits per heavy atom. The third-order valence-electron chi connectivity index (χ3n) is 6.63. The predicted molar refractivity (Wildman–Crippen MR) is 154 cm³/mol. The Bertz CT molecular complexity index is 1520. The summed E-state index contributed by atoms with van der Waals surface area (Å²) in [6.07, 6.45) is 1.79. The number of hydrogen-bond donors (Lipinski definition) is 1. The van der Waals surface area contributed by atoms with E-state index >= 15 is 0 Å². The fourth-order valence-corrected chi connectivity index (χ4v) is 6.33. The number of carbonyl (C=O) groups is 3. The van der Waals surface area contributed by atoms with Crippen LogP contribution in [0.1, 0.15) is 41.3 Å². The summed E-state index contributed by atoms with van der Waals surface area (Å²) in [5.41, 5.74) is 1.40. The highest BCUT2D eigenvalue weighted by Crippen LogP contribution is 2.30. The summed E-state index contributed by atoms with van der Waals surface area (Å²) in [5.74, 6) is -1.88. The number of rotatable bonds is 11. The Labute approximate surface area is 243 Å². The van der Waals surface area contributed by atoms with Gasteiger partial charge in [0.25, 0.3) is 15.9 Å². The van der Waals surface area contributed by atoms with Gasteiger partial charge in [-0.05, 0) is 41.8 Å². The third-order valence-corrected chi connectivity index (χ3v) is 9.15. The minimum Gasteiger partial charge on any atom is -0.354 e. The van der Waals surface area contributed by atoms with Crippen molar-refractivity contribution in [2.75, 3.05) is 13.1 Å². The summed E-state index contributed by atoms with van der Waals surface area (Å²) >= 11 is 12.3. The van der Waals surface area contributed by atoms with E-state index in [9.17, 15) is 22.8 Å². The van der Waals surface area contributed by atoms with Crippen LogP contribution in [0.3, 0.4) is 0 Å². The van der Waals surface area contributed by atoms with E-state index in [0.29, 0.717) is 21.4 Å². The average molecular weight is 603 g/mol. The molecule has 8 nitrogen and oxygen atoms in total. The van der Waals surface area contributed by atoms with E-state index in [0.717, 1.165) is 18.4 Å². The standard InChI is InChI=1S/C29H29Cl2N3O5S/c1-2-3-15-32-28(36)25(17-20-9-5-4-6-10-20)33(18-21-13-14-23(30)24(31)16-21)27(35)19-34-29(37)22-11-7-8-12-26(22)40(34,38)39/h4-14,16,25H,2-3,15,17-19H2,1H3,(H,32,36)/t25-/m1/s1. The molecule has 1 N–H and O–H groups in total. The first kappa shape index (κ1) is 29.6. The van der Waals surface area contributed by atoms with Crippen molar-refractivity contribution in [3.05, 3.63) is 99.5 Å². The highest BCUT2D eigenvalue weighted by atomic mass is 35.5. The Morgan fingerprint density at radius 1 is 0.950 bits per heavy atom. The van der Waals surface area contributed by atoms with Crippen LogP contribution in [0.2, 0.25) is 10.0 Å². The zero-order valence-corrected chi connectivity index (χ0v) is 24.2. The minimum absolute atomic E-state index is 0.00415. The van der Waals surface area contributed by atoms with Gasteiger partial charge < -0.3 is 10.2 Å². The lowest BCUT2D eigenvalue weighted by atomic mass is 10.0. The highest BCUT2D eigenvalue weighted by molar-refractivity contribution is 7.90. The molecule has 0 bridgehead atoms. The van der Waals surface area contributed by atoms with Gasteiger partial charge in [-0.2, -0.15) is 0 Å². The number of sulfonamides is 1. The number of halogens is 2. The van der Waals surface area contributed by atoms with Crippen LogP contribution >= 0.6 is 23.2 Å². The largest absolute Gasteiger partial charge is 0.354 e. The number of fused-ring (bicyclic) bond motifs is 1. The maximum absolute atomic E-state index is 13.9. The van der Waals surface area contributed by atoms with Crippen molar-refractivity contribution >= 4 is 50.9 Å². The first-order chi connectivity index (χ1) is 19.1. The number of nitrogens with zero attached hydrogens (tertiary/aromatic N) is 2. The molecule has 1 atom stereocenters. The first-order valence-corrected chi connectivity index (χ1v) is 15.0. The van der Waals surface area contributed by atoms with Gasteiger partial charge in [0.2, 0.25) is 11.8 Å². The number of unbranched alkanes of at least 4 members (excludes halogenated alkanes) is 1. The van der Waals surface area contributed by atoms with Crippen molar-refractivity contribution in [3.63, 3.8) is 0 Å². The molecule has 0 unspecified atom stereocenters. The quantitative estimate of drug-likeness (QED) is 0.321. The molecule has 3 amide bonds. The van der Waals surface area contributed by atoms with Crippen molar-refractivity contribution in [2.45, 2.75) is 43.7 Å². The second-order valence-electron chi connectivity index (χ2n) is 9.43. The van der Waals surface area contributed by atoms with Crippen molar-refractivity contribution < 1.29 is 22.8 Å². The molecule has 0 fully saturated rings. The fraction of sp³-hybridized carbons (Fsp3) is 0.276. The van der Waals surface area contributed by atoms with E-state index < -0.39 is 34.4 Å². The van der Waals surface area contributed by atoms with Crippen LogP contribution in [-0.4, -0.2) is 54.5 Å². The lowest BCUT2D eigenvalue weighted by Crippen LogP contribution is -2.53. The topological polar surface area (TPSA) is 104 Å². The average Bonchev–Trinajstić information content (AvgIpc) is 3.13. The van der Waals surface area contributed by atoms with Crippen LogP contribution in [0, 0.1) is 0 Å². The summed E-state index contributed by atoms with van der Waals surface area (Å²) in [7, 11) is -4.23. The number of amides is 3. The Balaban J connectivity index is 1.71. The first-order valence-electron chi connectivity index (χ1n) is 12.8. The van der Waals surface area contributed by atoms with Crippen LogP contribution < -0.4 is 5.32 Å². The Hall–Kier alpha value is -3.40. The van der Waals surface area contributed by atoms with Crippen molar-refractivity contribution in [1.82, 2.24) is 14.5 Å². The van der Waals surface area contributed by atoms with Crippen LogP contribution in [0.25, 0.3) is 0 Å². The zero-order chi connectivity index (χ0) is 28.9. The number of nitrogens with one attached hydrogen (secondary N) is 1. The molecule has 210 valence electrons. The lowest BCUT2D eigenvalue weighted by molar-refractivity contribution is -0.141. The minimum atomic E-state index is -4.23. The third kappa shape index (κ3) is 6.49. The molecular weight excluding hydrogens is 573 g/mol. The van der Waals surface area contributed by atoms with Gasteiger partial charge in [-0.1, -0.05) is 85.1 Å². The van der Waals surface area contributed by atoms with E-state index in [4.69, 9.17) is 23.2 Å². The normalized spacial score (nSPS) is 14.5. The molecule has 0 aromatic heterocycles. The predicted octanol–water partition coefficient (Wildman–Crippen LogP) is 4.69. The number of benzene rings is 3. The molecular formula is C29H29Cl2N3O5S. The summed E-state index contributed by atoms with van der Waals surface area (Å²) in [5, 5.41) is 3.50. The van der Waals surface area contributed by atoms with E-state index in [1.165, 1.54) is 23.1 Å².